The number of nitrogens with two attached hydrogens (primary N) is 1. The van der Waals surface area contributed by atoms with Crippen molar-refractivity contribution in [1.82, 2.24) is 4.90 Å². The highest BCUT2D eigenvalue weighted by molar-refractivity contribution is 5.00. The molecule has 1 saturated carbocycles. The molecule has 2 heteroatoms. The van der Waals surface area contributed by atoms with Crippen molar-refractivity contribution < 1.29 is 0 Å². The lowest BCUT2D eigenvalue weighted by Gasteiger charge is -2.18. The largest absolute Gasteiger partial charge is 0.327 e. The molecule has 0 spiro atoms. The van der Waals surface area contributed by atoms with E-state index in [4.69, 9.17) is 5.73 Å². The van der Waals surface area contributed by atoms with Crippen LogP contribution in [-0.4, -0.2) is 30.6 Å². The molecule has 3 atom stereocenters. The van der Waals surface area contributed by atoms with E-state index in [-0.39, 0.29) is 0 Å². The first-order valence-corrected chi connectivity index (χ1v) is 4.25. The van der Waals surface area contributed by atoms with Crippen LogP contribution in [0.2, 0.25) is 0 Å². The molecule has 1 saturated heterocycles. The van der Waals surface area contributed by atoms with Crippen LogP contribution in [0.3, 0.4) is 0 Å². The van der Waals surface area contributed by atoms with Gasteiger partial charge in [0, 0.05) is 12.1 Å². The van der Waals surface area contributed by atoms with Crippen LogP contribution in [0.4, 0.5) is 0 Å². The van der Waals surface area contributed by atoms with Gasteiger partial charge in [-0.05, 0) is 38.8 Å². The minimum Gasteiger partial charge on any atom is -0.327 e. The molecule has 0 radical (unpaired) electrons. The Hall–Kier alpha value is -0.0800. The minimum atomic E-state index is 0.533. The van der Waals surface area contributed by atoms with Crippen molar-refractivity contribution in [3.8, 4) is 0 Å². The Balaban J connectivity index is 1.92. The average molecular weight is 140 g/mol. The van der Waals surface area contributed by atoms with Gasteiger partial charge in [-0.25, -0.2) is 0 Å². The maximum absolute atomic E-state index is 5.78. The molecule has 10 heavy (non-hydrogen) atoms. The average Bonchev–Trinajstić information content (AvgIpc) is 2.42. The molecule has 1 unspecified atom stereocenters. The lowest BCUT2D eigenvalue weighted by Crippen LogP contribution is -2.29. The molecule has 2 N–H and O–H groups in total. The minimum absolute atomic E-state index is 0.533. The predicted molar refractivity (Wildman–Crippen MR) is 41.7 cm³/mol. The molecule has 2 aliphatic rings. The van der Waals surface area contributed by atoms with E-state index in [1.807, 2.05) is 0 Å². The summed E-state index contributed by atoms with van der Waals surface area (Å²) in [5, 5.41) is 0. The SMILES string of the molecule is CN1CCCC1[C@H]1C[C@@H]1N. The van der Waals surface area contributed by atoms with Crippen LogP contribution >= 0.6 is 0 Å². The highest BCUT2D eigenvalue weighted by atomic mass is 15.2. The van der Waals surface area contributed by atoms with E-state index in [0.29, 0.717) is 6.04 Å². The smallest absolute Gasteiger partial charge is 0.0136 e. The van der Waals surface area contributed by atoms with Crippen molar-refractivity contribution in [2.24, 2.45) is 11.7 Å². The summed E-state index contributed by atoms with van der Waals surface area (Å²) in [6, 6.07) is 1.36. The summed E-state index contributed by atoms with van der Waals surface area (Å²) < 4.78 is 0. The second-order valence-electron chi connectivity index (χ2n) is 3.75. The van der Waals surface area contributed by atoms with E-state index in [9.17, 15) is 0 Å². The molecule has 2 fully saturated rings. The molecular formula is C8H16N2. The molecule has 0 bridgehead atoms. The standard InChI is InChI=1S/C8H16N2/c1-10-4-2-3-8(10)6-5-7(6)9/h6-8H,2-5,9H2,1H3/t6-,7-,8?/m0/s1. The van der Waals surface area contributed by atoms with E-state index < -0.39 is 0 Å². The van der Waals surface area contributed by atoms with Crippen molar-refractivity contribution in [2.45, 2.75) is 31.3 Å². The Morgan fingerprint density at radius 3 is 2.60 bits per heavy atom. The van der Waals surface area contributed by atoms with Crippen LogP contribution < -0.4 is 5.73 Å². The Labute approximate surface area is 62.4 Å². The maximum Gasteiger partial charge on any atom is 0.0136 e. The molecule has 0 aromatic rings. The maximum atomic E-state index is 5.78. The first-order chi connectivity index (χ1) is 4.79. The lowest BCUT2D eigenvalue weighted by molar-refractivity contribution is 0.280. The predicted octanol–water partition coefficient (Wildman–Crippen LogP) is 0.428. The van der Waals surface area contributed by atoms with Gasteiger partial charge >= 0.3 is 0 Å². The number of likely N-dealkylation sites (tertiary alicyclic amines) is 1. The number of rotatable bonds is 1. The topological polar surface area (TPSA) is 29.3 Å². The van der Waals surface area contributed by atoms with Crippen LogP contribution in [0.15, 0.2) is 0 Å². The zero-order valence-electron chi connectivity index (χ0n) is 6.59. The Bertz CT molecular complexity index is 135. The zero-order valence-corrected chi connectivity index (χ0v) is 6.59. The summed E-state index contributed by atoms with van der Waals surface area (Å²) in [5.41, 5.74) is 5.78. The second-order valence-corrected chi connectivity index (χ2v) is 3.75. The zero-order chi connectivity index (χ0) is 7.14. The lowest BCUT2D eigenvalue weighted by atomic mass is 10.1. The van der Waals surface area contributed by atoms with Gasteiger partial charge in [0.25, 0.3) is 0 Å². The van der Waals surface area contributed by atoms with Gasteiger partial charge in [-0.15, -0.1) is 0 Å². The van der Waals surface area contributed by atoms with E-state index in [1.165, 1.54) is 25.8 Å². The Kier molecular flexibility index (Phi) is 1.46. The van der Waals surface area contributed by atoms with Crippen molar-refractivity contribution in [3.63, 3.8) is 0 Å². The quantitative estimate of drug-likeness (QED) is 0.572. The fraction of sp³-hybridized carbons (Fsp3) is 1.00. The van der Waals surface area contributed by atoms with Crippen molar-refractivity contribution in [2.75, 3.05) is 13.6 Å². The molecule has 2 nitrogen and oxygen atoms in total. The Morgan fingerprint density at radius 1 is 1.50 bits per heavy atom. The van der Waals surface area contributed by atoms with Crippen LogP contribution in [-0.2, 0) is 0 Å². The van der Waals surface area contributed by atoms with Crippen molar-refractivity contribution >= 4 is 0 Å². The molecule has 1 aliphatic carbocycles. The molecule has 1 aliphatic heterocycles. The van der Waals surface area contributed by atoms with Gasteiger partial charge in [0.15, 0.2) is 0 Å². The summed E-state index contributed by atoms with van der Waals surface area (Å²) in [7, 11) is 2.22. The summed E-state index contributed by atoms with van der Waals surface area (Å²) in [6.45, 7) is 1.29. The molecule has 1 heterocycles. The van der Waals surface area contributed by atoms with Crippen molar-refractivity contribution in [3.05, 3.63) is 0 Å². The van der Waals surface area contributed by atoms with Gasteiger partial charge in [-0.3, -0.25) is 0 Å². The Morgan fingerprint density at radius 2 is 2.20 bits per heavy atom. The second kappa shape index (κ2) is 2.21. The number of hydrogen-bond acceptors (Lipinski definition) is 2. The van der Waals surface area contributed by atoms with E-state index >= 15 is 0 Å². The number of nitrogens with zero attached hydrogens (tertiary/aromatic N) is 1. The van der Waals surface area contributed by atoms with Gasteiger partial charge in [-0.2, -0.15) is 0 Å². The van der Waals surface area contributed by atoms with Crippen LogP contribution in [0.1, 0.15) is 19.3 Å². The van der Waals surface area contributed by atoms with Gasteiger partial charge in [0.1, 0.15) is 0 Å². The summed E-state index contributed by atoms with van der Waals surface area (Å²) in [6.07, 6.45) is 4.04. The third-order valence-corrected chi connectivity index (χ3v) is 2.96. The summed E-state index contributed by atoms with van der Waals surface area (Å²) in [4.78, 5) is 2.47. The summed E-state index contributed by atoms with van der Waals surface area (Å²) >= 11 is 0. The highest BCUT2D eigenvalue weighted by Gasteiger charge is 2.43. The molecular weight excluding hydrogens is 124 g/mol. The van der Waals surface area contributed by atoms with Gasteiger partial charge in [0.2, 0.25) is 0 Å². The highest BCUT2D eigenvalue weighted by Crippen LogP contribution is 2.38. The molecule has 58 valence electrons. The molecule has 0 aromatic carbocycles. The first kappa shape index (κ1) is 6.62. The number of hydrogen-bond donors (Lipinski definition) is 1. The van der Waals surface area contributed by atoms with Gasteiger partial charge < -0.3 is 10.6 Å². The van der Waals surface area contributed by atoms with Crippen LogP contribution in [0.25, 0.3) is 0 Å². The normalized spacial score (nSPS) is 48.0. The molecule has 2 rings (SSSR count). The molecule has 0 aromatic heterocycles. The third kappa shape index (κ3) is 0.956. The van der Waals surface area contributed by atoms with Crippen molar-refractivity contribution in [1.29, 1.82) is 0 Å². The van der Waals surface area contributed by atoms with E-state index in [1.54, 1.807) is 0 Å². The van der Waals surface area contributed by atoms with E-state index in [2.05, 4.69) is 11.9 Å². The monoisotopic (exact) mass is 140 g/mol. The van der Waals surface area contributed by atoms with E-state index in [0.717, 1.165) is 12.0 Å². The summed E-state index contributed by atoms with van der Waals surface area (Å²) in [5.74, 6) is 0.840. The first-order valence-electron chi connectivity index (χ1n) is 4.25. The van der Waals surface area contributed by atoms with Gasteiger partial charge in [-0.1, -0.05) is 0 Å². The third-order valence-electron chi connectivity index (χ3n) is 2.96. The fourth-order valence-corrected chi connectivity index (χ4v) is 2.16. The molecule has 0 amide bonds. The van der Waals surface area contributed by atoms with Crippen LogP contribution in [0.5, 0.6) is 0 Å². The van der Waals surface area contributed by atoms with Crippen LogP contribution in [0, 0.1) is 5.92 Å². The fourth-order valence-electron chi connectivity index (χ4n) is 2.16. The van der Waals surface area contributed by atoms with Gasteiger partial charge in [0.05, 0.1) is 0 Å².